The van der Waals surface area contributed by atoms with Crippen LogP contribution in [0.3, 0.4) is 0 Å². The summed E-state index contributed by atoms with van der Waals surface area (Å²) >= 11 is 0. The maximum Gasteiger partial charge on any atom is 0.0590 e. The Bertz CT molecular complexity index is 207. The third-order valence-electron chi connectivity index (χ3n) is 4.45. The van der Waals surface area contributed by atoms with Crippen LogP contribution in [-0.4, -0.2) is 18.8 Å². The van der Waals surface area contributed by atoms with Gasteiger partial charge in [-0.2, -0.15) is 0 Å². The van der Waals surface area contributed by atoms with E-state index in [1.807, 2.05) is 0 Å². The molecule has 1 heterocycles. The molecule has 2 heteroatoms. The molecular formula is C13H25NO. The molecule has 1 aliphatic heterocycles. The molecule has 88 valence electrons. The van der Waals surface area contributed by atoms with Crippen molar-refractivity contribution >= 4 is 0 Å². The molecule has 0 bridgehead atoms. The van der Waals surface area contributed by atoms with Crippen molar-refractivity contribution in [1.82, 2.24) is 0 Å². The fourth-order valence-electron chi connectivity index (χ4n) is 3.43. The highest BCUT2D eigenvalue weighted by Crippen LogP contribution is 2.35. The molecule has 2 rings (SSSR count). The summed E-state index contributed by atoms with van der Waals surface area (Å²) in [6, 6.07) is 0.380. The van der Waals surface area contributed by atoms with Gasteiger partial charge in [0.05, 0.1) is 6.10 Å². The van der Waals surface area contributed by atoms with Gasteiger partial charge in [0.25, 0.3) is 0 Å². The normalized spacial score (nSPS) is 44.2. The van der Waals surface area contributed by atoms with Crippen LogP contribution < -0.4 is 5.73 Å². The molecule has 0 aromatic heterocycles. The molecule has 5 unspecified atom stereocenters. The lowest BCUT2D eigenvalue weighted by Gasteiger charge is -2.35. The number of nitrogens with two attached hydrogens (primary N) is 1. The van der Waals surface area contributed by atoms with E-state index in [0.717, 1.165) is 18.4 Å². The van der Waals surface area contributed by atoms with E-state index in [-0.39, 0.29) is 0 Å². The van der Waals surface area contributed by atoms with Gasteiger partial charge in [0.2, 0.25) is 0 Å². The van der Waals surface area contributed by atoms with E-state index < -0.39 is 0 Å². The van der Waals surface area contributed by atoms with Crippen molar-refractivity contribution < 1.29 is 4.74 Å². The predicted octanol–water partition coefficient (Wildman–Crippen LogP) is 2.57. The Kier molecular flexibility index (Phi) is 3.68. The minimum Gasteiger partial charge on any atom is -0.378 e. The quantitative estimate of drug-likeness (QED) is 0.762. The summed E-state index contributed by atoms with van der Waals surface area (Å²) in [7, 11) is 0. The van der Waals surface area contributed by atoms with Gasteiger partial charge in [0.1, 0.15) is 0 Å². The number of hydrogen-bond acceptors (Lipinski definition) is 2. The van der Waals surface area contributed by atoms with Gasteiger partial charge in [-0.3, -0.25) is 0 Å². The van der Waals surface area contributed by atoms with Gasteiger partial charge >= 0.3 is 0 Å². The molecular weight excluding hydrogens is 186 g/mol. The van der Waals surface area contributed by atoms with E-state index in [0.29, 0.717) is 18.1 Å². The lowest BCUT2D eigenvalue weighted by molar-refractivity contribution is 0.0862. The molecule has 0 amide bonds. The topological polar surface area (TPSA) is 35.2 Å². The first-order valence-electron chi connectivity index (χ1n) is 6.55. The maximum atomic E-state index is 6.43. The average Bonchev–Trinajstić information content (AvgIpc) is 2.63. The Morgan fingerprint density at radius 3 is 2.60 bits per heavy atom. The lowest BCUT2D eigenvalue weighted by atomic mass is 9.74. The molecule has 1 saturated heterocycles. The molecule has 15 heavy (non-hydrogen) atoms. The maximum absolute atomic E-state index is 6.43. The van der Waals surface area contributed by atoms with Crippen molar-refractivity contribution in [1.29, 1.82) is 0 Å². The van der Waals surface area contributed by atoms with Crippen LogP contribution in [0.4, 0.5) is 0 Å². The smallest absolute Gasteiger partial charge is 0.0590 e. The Balaban J connectivity index is 1.91. The summed E-state index contributed by atoms with van der Waals surface area (Å²) in [5.74, 6) is 2.25. The van der Waals surface area contributed by atoms with E-state index in [4.69, 9.17) is 10.5 Å². The Morgan fingerprint density at radius 2 is 2.00 bits per heavy atom. The molecule has 1 aliphatic carbocycles. The Labute approximate surface area is 93.6 Å². The van der Waals surface area contributed by atoms with Gasteiger partial charge < -0.3 is 10.5 Å². The summed E-state index contributed by atoms with van der Waals surface area (Å²) in [6.07, 6.45) is 7.02. The summed E-state index contributed by atoms with van der Waals surface area (Å²) in [5, 5.41) is 0. The third-order valence-corrected chi connectivity index (χ3v) is 4.45. The van der Waals surface area contributed by atoms with E-state index in [9.17, 15) is 0 Å². The second-order valence-corrected chi connectivity index (χ2v) is 5.64. The van der Waals surface area contributed by atoms with Crippen molar-refractivity contribution in [2.24, 2.45) is 23.5 Å². The molecule has 0 aromatic rings. The van der Waals surface area contributed by atoms with Crippen molar-refractivity contribution in [3.63, 3.8) is 0 Å². The van der Waals surface area contributed by atoms with Crippen LogP contribution in [0.25, 0.3) is 0 Å². The summed E-state index contributed by atoms with van der Waals surface area (Å²) < 4.78 is 5.62. The monoisotopic (exact) mass is 211 g/mol. The van der Waals surface area contributed by atoms with Gasteiger partial charge in [-0.05, 0) is 38.0 Å². The molecule has 0 aromatic carbocycles. The summed E-state index contributed by atoms with van der Waals surface area (Å²) in [6.45, 7) is 5.47. The summed E-state index contributed by atoms with van der Waals surface area (Å²) in [5.41, 5.74) is 6.43. The van der Waals surface area contributed by atoms with Gasteiger partial charge in [0, 0.05) is 18.6 Å². The van der Waals surface area contributed by atoms with E-state index >= 15 is 0 Å². The molecule has 2 nitrogen and oxygen atoms in total. The first kappa shape index (κ1) is 11.4. The summed E-state index contributed by atoms with van der Waals surface area (Å²) in [4.78, 5) is 0. The molecule has 0 radical (unpaired) electrons. The average molecular weight is 211 g/mol. The zero-order chi connectivity index (χ0) is 10.8. The molecule has 1 saturated carbocycles. The largest absolute Gasteiger partial charge is 0.378 e. The van der Waals surface area contributed by atoms with Crippen molar-refractivity contribution in [3.8, 4) is 0 Å². The first-order valence-corrected chi connectivity index (χ1v) is 6.55. The van der Waals surface area contributed by atoms with Crippen LogP contribution in [0, 0.1) is 17.8 Å². The molecule has 0 spiro atoms. The van der Waals surface area contributed by atoms with Crippen LogP contribution >= 0.6 is 0 Å². The van der Waals surface area contributed by atoms with Crippen LogP contribution in [-0.2, 0) is 4.74 Å². The number of rotatable bonds is 2. The van der Waals surface area contributed by atoms with E-state index in [2.05, 4.69) is 13.8 Å². The van der Waals surface area contributed by atoms with Crippen LogP contribution in [0.2, 0.25) is 0 Å². The van der Waals surface area contributed by atoms with Crippen LogP contribution in [0.1, 0.15) is 46.0 Å². The van der Waals surface area contributed by atoms with Gasteiger partial charge in [-0.25, -0.2) is 0 Å². The van der Waals surface area contributed by atoms with Crippen molar-refractivity contribution in [2.75, 3.05) is 6.61 Å². The fourth-order valence-corrected chi connectivity index (χ4v) is 3.43. The van der Waals surface area contributed by atoms with E-state index in [1.54, 1.807) is 0 Å². The van der Waals surface area contributed by atoms with Gasteiger partial charge in [0.15, 0.2) is 0 Å². The number of hydrogen-bond donors (Lipinski definition) is 1. The van der Waals surface area contributed by atoms with Gasteiger partial charge in [-0.15, -0.1) is 0 Å². The second kappa shape index (κ2) is 4.84. The third kappa shape index (κ3) is 2.54. The zero-order valence-corrected chi connectivity index (χ0v) is 10.1. The molecule has 2 fully saturated rings. The Morgan fingerprint density at radius 1 is 1.20 bits per heavy atom. The first-order chi connectivity index (χ1) is 7.18. The van der Waals surface area contributed by atoms with Crippen molar-refractivity contribution in [2.45, 2.75) is 58.1 Å². The van der Waals surface area contributed by atoms with Crippen molar-refractivity contribution in [3.05, 3.63) is 0 Å². The lowest BCUT2D eigenvalue weighted by Crippen LogP contribution is -2.42. The SMILES string of the molecule is CC1CCCC(C(N)C2CCOC2C)C1. The minimum atomic E-state index is 0.380. The molecule has 5 atom stereocenters. The van der Waals surface area contributed by atoms with Gasteiger partial charge in [-0.1, -0.05) is 19.8 Å². The fraction of sp³-hybridized carbons (Fsp3) is 1.00. The molecule has 2 N–H and O–H groups in total. The van der Waals surface area contributed by atoms with Crippen LogP contribution in [0.5, 0.6) is 0 Å². The Hall–Kier alpha value is -0.0800. The minimum absolute atomic E-state index is 0.380. The highest BCUT2D eigenvalue weighted by atomic mass is 16.5. The standard InChI is InChI=1S/C13H25NO/c1-9-4-3-5-11(8-9)13(14)12-6-7-15-10(12)2/h9-13H,3-8,14H2,1-2H3. The molecule has 2 aliphatic rings. The predicted molar refractivity (Wildman–Crippen MR) is 62.6 cm³/mol. The highest BCUT2D eigenvalue weighted by Gasteiger charge is 2.35. The number of ether oxygens (including phenoxy) is 1. The zero-order valence-electron chi connectivity index (χ0n) is 10.1. The van der Waals surface area contributed by atoms with E-state index in [1.165, 1.54) is 32.1 Å². The van der Waals surface area contributed by atoms with Crippen LogP contribution in [0.15, 0.2) is 0 Å². The second-order valence-electron chi connectivity index (χ2n) is 5.64. The highest BCUT2D eigenvalue weighted by molar-refractivity contribution is 4.88.